The molecule has 1 aromatic rings. The maximum absolute atomic E-state index is 9.43. The molecule has 0 bridgehead atoms. The van der Waals surface area contributed by atoms with E-state index in [0.29, 0.717) is 0 Å². The first kappa shape index (κ1) is 17.9. The van der Waals surface area contributed by atoms with Crippen LogP contribution in [0.5, 0.6) is 0 Å². The van der Waals surface area contributed by atoms with Gasteiger partial charge in [-0.3, -0.25) is 0 Å². The molecule has 21 heavy (non-hydrogen) atoms. The molecule has 0 atom stereocenters. The summed E-state index contributed by atoms with van der Waals surface area (Å²) in [6, 6.07) is 8.43. The van der Waals surface area contributed by atoms with E-state index in [1.165, 1.54) is 25.7 Å². The highest BCUT2D eigenvalue weighted by Gasteiger charge is 2.18. The molecule has 0 saturated carbocycles. The minimum atomic E-state index is 0.260. The van der Waals surface area contributed by atoms with Crippen LogP contribution in [0.25, 0.3) is 0 Å². The van der Waals surface area contributed by atoms with Crippen molar-refractivity contribution in [3.05, 3.63) is 23.8 Å². The van der Waals surface area contributed by atoms with E-state index in [4.69, 9.17) is 0 Å². The van der Waals surface area contributed by atoms with Crippen molar-refractivity contribution >= 4 is 17.4 Å². The number of rotatable bonds is 9. The van der Waals surface area contributed by atoms with Crippen molar-refractivity contribution in [1.82, 2.24) is 0 Å². The first-order valence-electron chi connectivity index (χ1n) is 7.94. The second kappa shape index (κ2) is 9.00. The van der Waals surface area contributed by atoms with Gasteiger partial charge in [0.25, 0.3) is 0 Å². The quantitative estimate of drug-likeness (QED) is 0.470. The molecule has 3 heteroatoms. The highest BCUT2D eigenvalue weighted by molar-refractivity contribution is 7.99. The molecular formula is C18H28N2S. The van der Waals surface area contributed by atoms with Crippen LogP contribution in [0.3, 0.4) is 0 Å². The van der Waals surface area contributed by atoms with Gasteiger partial charge in [0.1, 0.15) is 6.07 Å². The number of hydrogen-bond acceptors (Lipinski definition) is 3. The molecule has 0 aromatic heterocycles. The number of nitrogens with one attached hydrogen (secondary N) is 1. The Labute approximate surface area is 134 Å². The van der Waals surface area contributed by atoms with Crippen LogP contribution in [0.1, 0.15) is 58.9 Å². The number of benzene rings is 1. The zero-order valence-corrected chi connectivity index (χ0v) is 14.6. The van der Waals surface area contributed by atoms with Gasteiger partial charge in [0.05, 0.1) is 11.3 Å². The maximum Gasteiger partial charge on any atom is 0.102 e. The minimum absolute atomic E-state index is 0.260. The average Bonchev–Trinajstić information content (AvgIpc) is 2.46. The number of anilines is 1. The van der Waals surface area contributed by atoms with Gasteiger partial charge in [-0.2, -0.15) is 5.26 Å². The standard InChI is InChI=1S/C18H28N2S/c1-5-7-8-12-18(3,4)14-20-16-10-9-11-17(21-6-2)15(16)13-19/h9-11,20H,5-8,12,14H2,1-4H3. The molecule has 0 aliphatic rings. The highest BCUT2D eigenvalue weighted by Crippen LogP contribution is 2.30. The van der Waals surface area contributed by atoms with Crippen LogP contribution >= 0.6 is 11.8 Å². The average molecular weight is 305 g/mol. The second-order valence-corrected chi connectivity index (χ2v) is 7.50. The van der Waals surface area contributed by atoms with Crippen molar-refractivity contribution in [1.29, 1.82) is 5.26 Å². The highest BCUT2D eigenvalue weighted by atomic mass is 32.2. The molecule has 1 aromatic carbocycles. The number of unbranched alkanes of at least 4 members (excludes halogenated alkanes) is 2. The summed E-state index contributed by atoms with van der Waals surface area (Å²) in [5.41, 5.74) is 2.02. The van der Waals surface area contributed by atoms with Gasteiger partial charge in [0.2, 0.25) is 0 Å². The van der Waals surface area contributed by atoms with Gasteiger partial charge < -0.3 is 5.32 Å². The van der Waals surface area contributed by atoms with Crippen LogP contribution < -0.4 is 5.32 Å². The van der Waals surface area contributed by atoms with Crippen LogP contribution in [0.4, 0.5) is 5.69 Å². The molecule has 0 saturated heterocycles. The van der Waals surface area contributed by atoms with Gasteiger partial charge in [-0.25, -0.2) is 0 Å². The molecule has 0 amide bonds. The molecular weight excluding hydrogens is 276 g/mol. The van der Waals surface area contributed by atoms with E-state index in [0.717, 1.165) is 28.4 Å². The second-order valence-electron chi connectivity index (χ2n) is 6.20. The molecule has 1 rings (SSSR count). The van der Waals surface area contributed by atoms with Crippen molar-refractivity contribution in [3.8, 4) is 6.07 Å². The van der Waals surface area contributed by atoms with E-state index in [1.807, 2.05) is 18.2 Å². The molecule has 0 aliphatic heterocycles. The Morgan fingerprint density at radius 3 is 2.62 bits per heavy atom. The fourth-order valence-corrected chi connectivity index (χ4v) is 3.13. The smallest absolute Gasteiger partial charge is 0.102 e. The van der Waals surface area contributed by atoms with Crippen LogP contribution in [0.15, 0.2) is 23.1 Å². The number of hydrogen-bond donors (Lipinski definition) is 1. The van der Waals surface area contributed by atoms with Crippen LogP contribution in [0, 0.1) is 16.7 Å². The van der Waals surface area contributed by atoms with Gasteiger partial charge in [-0.1, -0.05) is 53.0 Å². The lowest BCUT2D eigenvalue weighted by Gasteiger charge is -2.26. The maximum atomic E-state index is 9.43. The number of nitriles is 1. The van der Waals surface area contributed by atoms with Crippen LogP contribution in [-0.4, -0.2) is 12.3 Å². The van der Waals surface area contributed by atoms with Crippen molar-refractivity contribution in [3.63, 3.8) is 0 Å². The van der Waals surface area contributed by atoms with E-state index in [2.05, 4.69) is 39.1 Å². The predicted octanol–water partition coefficient (Wildman–Crippen LogP) is 5.69. The summed E-state index contributed by atoms with van der Waals surface area (Å²) in [7, 11) is 0. The largest absolute Gasteiger partial charge is 0.383 e. The van der Waals surface area contributed by atoms with Crippen LogP contribution in [-0.2, 0) is 0 Å². The van der Waals surface area contributed by atoms with E-state index >= 15 is 0 Å². The Hall–Kier alpha value is -1.14. The molecule has 2 nitrogen and oxygen atoms in total. The summed E-state index contributed by atoms with van der Waals surface area (Å²) >= 11 is 1.73. The van der Waals surface area contributed by atoms with Gasteiger partial charge in [0, 0.05) is 11.4 Å². The Bertz CT molecular complexity index is 475. The van der Waals surface area contributed by atoms with Crippen molar-refractivity contribution in [2.45, 2.75) is 58.3 Å². The van der Waals surface area contributed by atoms with E-state index in [1.54, 1.807) is 11.8 Å². The van der Waals surface area contributed by atoms with Gasteiger partial charge >= 0.3 is 0 Å². The van der Waals surface area contributed by atoms with Crippen molar-refractivity contribution < 1.29 is 0 Å². The number of nitrogens with zero attached hydrogens (tertiary/aromatic N) is 1. The van der Waals surface area contributed by atoms with Gasteiger partial charge in [0.15, 0.2) is 0 Å². The first-order chi connectivity index (χ1) is 10.0. The lowest BCUT2D eigenvalue weighted by molar-refractivity contribution is 0.342. The summed E-state index contributed by atoms with van der Waals surface area (Å²) in [6.45, 7) is 9.86. The van der Waals surface area contributed by atoms with Gasteiger partial charge in [-0.15, -0.1) is 11.8 Å². The molecule has 0 heterocycles. The third kappa shape index (κ3) is 6.01. The Balaban J connectivity index is 2.70. The molecule has 0 aliphatic carbocycles. The summed E-state index contributed by atoms with van der Waals surface area (Å²) in [5, 5.41) is 12.9. The van der Waals surface area contributed by atoms with E-state index in [-0.39, 0.29) is 5.41 Å². The fourth-order valence-electron chi connectivity index (χ4n) is 2.35. The zero-order chi connectivity index (χ0) is 15.7. The summed E-state index contributed by atoms with van der Waals surface area (Å²) in [5.74, 6) is 0.987. The number of thioether (sulfide) groups is 1. The third-order valence-corrected chi connectivity index (χ3v) is 4.59. The Morgan fingerprint density at radius 1 is 1.24 bits per heavy atom. The molecule has 0 unspecified atom stereocenters. The first-order valence-corrected chi connectivity index (χ1v) is 8.92. The lowest BCUT2D eigenvalue weighted by Crippen LogP contribution is -2.23. The zero-order valence-electron chi connectivity index (χ0n) is 13.8. The molecule has 1 N–H and O–H groups in total. The molecule has 0 spiro atoms. The fraction of sp³-hybridized carbons (Fsp3) is 0.611. The topological polar surface area (TPSA) is 35.8 Å². The molecule has 0 radical (unpaired) electrons. The summed E-state index contributed by atoms with van der Waals surface area (Å²) < 4.78 is 0. The van der Waals surface area contributed by atoms with Crippen molar-refractivity contribution in [2.75, 3.05) is 17.6 Å². The van der Waals surface area contributed by atoms with E-state index < -0.39 is 0 Å². The molecule has 116 valence electrons. The summed E-state index contributed by atoms with van der Waals surface area (Å²) in [4.78, 5) is 1.08. The summed E-state index contributed by atoms with van der Waals surface area (Å²) in [6.07, 6.45) is 5.06. The van der Waals surface area contributed by atoms with Crippen LogP contribution in [0.2, 0.25) is 0 Å². The lowest BCUT2D eigenvalue weighted by atomic mass is 9.86. The van der Waals surface area contributed by atoms with Gasteiger partial charge in [-0.05, 0) is 29.7 Å². The molecule has 0 fully saturated rings. The minimum Gasteiger partial charge on any atom is -0.383 e. The SMILES string of the molecule is CCCCCC(C)(C)CNc1cccc(SCC)c1C#N. The Morgan fingerprint density at radius 2 is 2.00 bits per heavy atom. The monoisotopic (exact) mass is 304 g/mol. The Kier molecular flexibility index (Phi) is 7.67. The van der Waals surface area contributed by atoms with Crippen molar-refractivity contribution in [2.24, 2.45) is 5.41 Å². The third-order valence-electron chi connectivity index (χ3n) is 3.65. The normalized spacial score (nSPS) is 11.2. The predicted molar refractivity (Wildman–Crippen MR) is 94.0 cm³/mol. The van der Waals surface area contributed by atoms with E-state index in [9.17, 15) is 5.26 Å².